The van der Waals surface area contributed by atoms with Crippen LogP contribution >= 0.6 is 0 Å². The fraction of sp³-hybridized carbons (Fsp3) is 0.440. The molecule has 0 bridgehead atoms. The summed E-state index contributed by atoms with van der Waals surface area (Å²) in [5.74, 6) is 3.25. The van der Waals surface area contributed by atoms with Gasteiger partial charge in [-0.05, 0) is 61.6 Å². The predicted octanol–water partition coefficient (Wildman–Crippen LogP) is 3.35. The molecule has 29 heavy (non-hydrogen) atoms. The maximum atomic E-state index is 9.89. The van der Waals surface area contributed by atoms with E-state index < -0.39 is 0 Å². The van der Waals surface area contributed by atoms with Crippen LogP contribution in [-0.2, 0) is 12.8 Å². The topological polar surface area (TPSA) is 30.0 Å². The minimum Gasteiger partial charge on any atom is -0.508 e. The molecule has 0 saturated carbocycles. The number of phenolic OH excluding ortho intramolecular Hbond substituents is 1. The second-order valence-corrected chi connectivity index (χ2v) is 8.22. The lowest BCUT2D eigenvalue weighted by Crippen LogP contribution is -2.57. The van der Waals surface area contributed by atoms with Crippen molar-refractivity contribution in [1.29, 1.82) is 0 Å². The van der Waals surface area contributed by atoms with Crippen LogP contribution < -0.4 is 4.90 Å². The Morgan fingerprint density at radius 3 is 2.59 bits per heavy atom. The van der Waals surface area contributed by atoms with Crippen molar-refractivity contribution in [1.82, 2.24) is 9.80 Å². The number of rotatable bonds is 5. The molecule has 1 N–H and O–H groups in total. The molecule has 0 amide bonds. The van der Waals surface area contributed by atoms with Crippen molar-refractivity contribution in [2.75, 3.05) is 37.6 Å². The summed E-state index contributed by atoms with van der Waals surface area (Å²) in [6.07, 6.45) is 9.20. The van der Waals surface area contributed by atoms with Crippen molar-refractivity contribution in [3.05, 3.63) is 59.7 Å². The molecule has 1 aliphatic heterocycles. The average Bonchev–Trinajstić information content (AvgIpc) is 2.77. The molecule has 0 spiro atoms. The van der Waals surface area contributed by atoms with Gasteiger partial charge in [-0.2, -0.15) is 0 Å². The Morgan fingerprint density at radius 1 is 1.10 bits per heavy atom. The van der Waals surface area contributed by atoms with Crippen LogP contribution in [0.15, 0.2) is 48.5 Å². The van der Waals surface area contributed by atoms with E-state index in [1.54, 1.807) is 6.07 Å². The van der Waals surface area contributed by atoms with Crippen LogP contribution in [0.3, 0.4) is 0 Å². The van der Waals surface area contributed by atoms with E-state index in [1.807, 2.05) is 6.07 Å². The first-order chi connectivity index (χ1) is 14.2. The van der Waals surface area contributed by atoms with Gasteiger partial charge in [0.25, 0.3) is 0 Å². The first-order valence-electron chi connectivity index (χ1n) is 10.7. The van der Waals surface area contributed by atoms with Crippen LogP contribution in [0.5, 0.6) is 5.75 Å². The van der Waals surface area contributed by atoms with Gasteiger partial charge in [0.15, 0.2) is 0 Å². The Hall–Kier alpha value is -2.48. The summed E-state index contributed by atoms with van der Waals surface area (Å²) < 4.78 is 0. The quantitative estimate of drug-likeness (QED) is 0.795. The number of hydrogen-bond acceptors (Lipinski definition) is 4. The number of piperazine rings is 1. The second-order valence-electron chi connectivity index (χ2n) is 8.22. The minimum atomic E-state index is 0.313. The van der Waals surface area contributed by atoms with E-state index in [-0.39, 0.29) is 0 Å². The summed E-state index contributed by atoms with van der Waals surface area (Å²) in [4.78, 5) is 7.52. The summed E-state index contributed by atoms with van der Waals surface area (Å²) >= 11 is 0. The third-order valence-corrected chi connectivity index (χ3v) is 6.58. The number of phenols is 1. The molecule has 4 heteroatoms. The molecule has 1 heterocycles. The molecule has 0 aromatic heterocycles. The van der Waals surface area contributed by atoms with Crippen LogP contribution in [-0.4, -0.2) is 59.8 Å². The smallest absolute Gasteiger partial charge is 0.115 e. The maximum absolute atomic E-state index is 9.89. The summed E-state index contributed by atoms with van der Waals surface area (Å²) in [6.45, 7) is 7.13. The number of terminal acetylenes is 1. The van der Waals surface area contributed by atoms with Crippen LogP contribution in [0, 0.1) is 12.3 Å². The van der Waals surface area contributed by atoms with Gasteiger partial charge in [0.1, 0.15) is 5.75 Å². The fourth-order valence-corrected chi connectivity index (χ4v) is 4.88. The normalized spacial score (nSPS) is 20.9. The zero-order chi connectivity index (χ0) is 20.2. The lowest BCUT2D eigenvalue weighted by Gasteiger charge is -2.46. The summed E-state index contributed by atoms with van der Waals surface area (Å²) in [7, 11) is 0. The number of para-hydroxylation sites is 1. The molecular formula is C25H31N3O. The standard InChI is InChI=1S/C25H31N3O/c1-3-13-28(24-11-9-21-10-12-25(29)19-22(21)18-24)20(2)26-14-16-27(17-15-26)23-7-5-4-6-8-23/h1,4-8,10,12,19-20,24,29H,9,11,13-18H2,2H3. The van der Waals surface area contributed by atoms with E-state index in [0.717, 1.165) is 45.4 Å². The van der Waals surface area contributed by atoms with Crippen molar-refractivity contribution in [2.45, 2.75) is 38.4 Å². The Morgan fingerprint density at radius 2 is 1.86 bits per heavy atom. The minimum absolute atomic E-state index is 0.313. The molecule has 2 aromatic rings. The Labute approximate surface area is 174 Å². The largest absolute Gasteiger partial charge is 0.508 e. The molecule has 4 nitrogen and oxygen atoms in total. The third-order valence-electron chi connectivity index (χ3n) is 6.58. The Bertz CT molecular complexity index is 852. The van der Waals surface area contributed by atoms with Gasteiger partial charge in [-0.15, -0.1) is 6.42 Å². The highest BCUT2D eigenvalue weighted by Crippen LogP contribution is 2.29. The highest BCUT2D eigenvalue weighted by atomic mass is 16.3. The molecule has 2 unspecified atom stereocenters. The lowest BCUT2D eigenvalue weighted by molar-refractivity contribution is 0.0252. The zero-order valence-corrected chi connectivity index (χ0v) is 17.3. The number of fused-ring (bicyclic) bond motifs is 1. The molecule has 1 saturated heterocycles. The molecule has 0 radical (unpaired) electrons. The van der Waals surface area contributed by atoms with E-state index in [2.05, 4.69) is 63.9 Å². The van der Waals surface area contributed by atoms with Gasteiger partial charge in [-0.1, -0.05) is 30.2 Å². The van der Waals surface area contributed by atoms with E-state index in [1.165, 1.54) is 16.8 Å². The second kappa shape index (κ2) is 8.90. The van der Waals surface area contributed by atoms with Gasteiger partial charge in [0, 0.05) is 37.9 Å². The van der Waals surface area contributed by atoms with Crippen molar-refractivity contribution >= 4 is 5.69 Å². The van der Waals surface area contributed by atoms with Crippen molar-refractivity contribution in [3.63, 3.8) is 0 Å². The maximum Gasteiger partial charge on any atom is 0.115 e. The van der Waals surface area contributed by atoms with Gasteiger partial charge in [0.2, 0.25) is 0 Å². The SMILES string of the molecule is C#CCN(C1CCc2ccc(O)cc2C1)C(C)N1CCN(c2ccccc2)CC1. The average molecular weight is 390 g/mol. The lowest BCUT2D eigenvalue weighted by atomic mass is 9.87. The number of nitrogens with zero attached hydrogens (tertiary/aromatic N) is 3. The van der Waals surface area contributed by atoms with Gasteiger partial charge >= 0.3 is 0 Å². The van der Waals surface area contributed by atoms with Gasteiger partial charge in [0.05, 0.1) is 12.7 Å². The zero-order valence-electron chi connectivity index (χ0n) is 17.3. The molecule has 4 rings (SSSR count). The molecule has 152 valence electrons. The van der Waals surface area contributed by atoms with Gasteiger partial charge in [-0.25, -0.2) is 0 Å². The molecule has 2 aromatic carbocycles. The van der Waals surface area contributed by atoms with E-state index in [9.17, 15) is 5.11 Å². The van der Waals surface area contributed by atoms with Crippen LogP contribution in [0.1, 0.15) is 24.5 Å². The van der Waals surface area contributed by atoms with Crippen molar-refractivity contribution in [3.8, 4) is 18.1 Å². The number of aryl methyl sites for hydroxylation is 1. The number of anilines is 1. The third kappa shape index (κ3) is 4.42. The highest BCUT2D eigenvalue weighted by Gasteiger charge is 2.31. The number of aromatic hydroxyl groups is 1. The van der Waals surface area contributed by atoms with E-state index >= 15 is 0 Å². The monoisotopic (exact) mass is 389 g/mol. The summed E-state index contributed by atoms with van der Waals surface area (Å²) in [5, 5.41) is 9.89. The van der Waals surface area contributed by atoms with E-state index in [0.29, 0.717) is 24.5 Å². The molecule has 1 aliphatic carbocycles. The highest BCUT2D eigenvalue weighted by molar-refractivity contribution is 5.46. The fourth-order valence-electron chi connectivity index (χ4n) is 4.88. The van der Waals surface area contributed by atoms with Gasteiger partial charge < -0.3 is 10.0 Å². The molecule has 2 aliphatic rings. The van der Waals surface area contributed by atoms with Crippen molar-refractivity contribution < 1.29 is 5.11 Å². The molecular weight excluding hydrogens is 358 g/mol. The van der Waals surface area contributed by atoms with Crippen LogP contribution in [0.4, 0.5) is 5.69 Å². The van der Waals surface area contributed by atoms with Gasteiger partial charge in [-0.3, -0.25) is 9.80 Å². The molecule has 2 atom stereocenters. The number of hydrogen-bond donors (Lipinski definition) is 1. The summed E-state index contributed by atoms with van der Waals surface area (Å²) in [6, 6.07) is 16.9. The molecule has 1 fully saturated rings. The summed E-state index contributed by atoms with van der Waals surface area (Å²) in [5.41, 5.74) is 3.94. The Kier molecular flexibility index (Phi) is 6.08. The van der Waals surface area contributed by atoms with Crippen molar-refractivity contribution in [2.24, 2.45) is 0 Å². The first kappa shape index (κ1) is 19.8. The predicted molar refractivity (Wildman–Crippen MR) is 119 cm³/mol. The van der Waals surface area contributed by atoms with Crippen LogP contribution in [0.2, 0.25) is 0 Å². The van der Waals surface area contributed by atoms with E-state index in [4.69, 9.17) is 6.42 Å². The first-order valence-corrected chi connectivity index (χ1v) is 10.7. The Balaban J connectivity index is 1.42. The van der Waals surface area contributed by atoms with Crippen LogP contribution in [0.25, 0.3) is 0 Å². The number of benzene rings is 2.